The molecular formula is C19H21N5O2. The molecule has 3 aromatic rings. The number of carbonyl (C=O) groups excluding carboxylic acids is 1. The van der Waals surface area contributed by atoms with E-state index in [1.54, 1.807) is 12.4 Å². The lowest BCUT2D eigenvalue weighted by molar-refractivity contribution is -0.131. The minimum absolute atomic E-state index is 0.145. The summed E-state index contributed by atoms with van der Waals surface area (Å²) in [6, 6.07) is 7.71. The van der Waals surface area contributed by atoms with Crippen LogP contribution in [0.5, 0.6) is 0 Å². The Morgan fingerprint density at radius 2 is 2.12 bits per heavy atom. The topological polar surface area (TPSA) is 77.0 Å². The molecular weight excluding hydrogens is 330 g/mol. The first-order chi connectivity index (χ1) is 12.7. The number of pyridine rings is 1. The zero-order valence-electron chi connectivity index (χ0n) is 14.7. The molecule has 0 aliphatic carbocycles. The fourth-order valence-electron chi connectivity index (χ4n) is 3.36. The number of amides is 1. The molecule has 0 radical (unpaired) electrons. The highest BCUT2D eigenvalue weighted by molar-refractivity contribution is 5.78. The smallest absolute Gasteiger partial charge is 0.230 e. The number of aryl methyl sites for hydroxylation is 1. The average Bonchev–Trinajstić information content (AvgIpc) is 3.31. The molecule has 1 aliphatic heterocycles. The number of piperidine rings is 1. The maximum absolute atomic E-state index is 12.5. The van der Waals surface area contributed by atoms with Crippen LogP contribution in [-0.4, -0.2) is 43.6 Å². The molecule has 3 aromatic heterocycles. The van der Waals surface area contributed by atoms with E-state index in [1.165, 1.54) is 0 Å². The summed E-state index contributed by atoms with van der Waals surface area (Å²) in [4.78, 5) is 23.0. The molecule has 1 aliphatic rings. The summed E-state index contributed by atoms with van der Waals surface area (Å²) in [6.07, 6.45) is 7.50. The second kappa shape index (κ2) is 7.11. The molecule has 0 bridgehead atoms. The van der Waals surface area contributed by atoms with Gasteiger partial charge in [0.2, 0.25) is 17.6 Å². The van der Waals surface area contributed by atoms with E-state index in [9.17, 15) is 4.79 Å². The number of hydrogen-bond acceptors (Lipinski definition) is 5. The van der Waals surface area contributed by atoms with Crippen molar-refractivity contribution in [3.63, 3.8) is 0 Å². The van der Waals surface area contributed by atoms with Gasteiger partial charge in [-0.05, 0) is 36.6 Å². The van der Waals surface area contributed by atoms with Crippen LogP contribution < -0.4 is 0 Å². The van der Waals surface area contributed by atoms with Crippen molar-refractivity contribution in [3.8, 4) is 11.5 Å². The van der Waals surface area contributed by atoms with Crippen LogP contribution in [-0.2, 0) is 18.3 Å². The van der Waals surface area contributed by atoms with Gasteiger partial charge in [0.25, 0.3) is 0 Å². The molecule has 1 amide bonds. The lowest BCUT2D eigenvalue weighted by Gasteiger charge is -2.30. The van der Waals surface area contributed by atoms with Crippen LogP contribution >= 0.6 is 0 Å². The number of aromatic nitrogens is 4. The van der Waals surface area contributed by atoms with Crippen LogP contribution in [0.2, 0.25) is 0 Å². The fourth-order valence-corrected chi connectivity index (χ4v) is 3.36. The third-order valence-electron chi connectivity index (χ3n) is 4.89. The molecule has 0 aromatic carbocycles. The average molecular weight is 351 g/mol. The third kappa shape index (κ3) is 3.37. The number of carbonyl (C=O) groups is 1. The summed E-state index contributed by atoms with van der Waals surface area (Å²) in [6.45, 7) is 1.43. The zero-order chi connectivity index (χ0) is 17.9. The molecule has 7 heteroatoms. The lowest BCUT2D eigenvalue weighted by atomic mass is 9.96. The molecule has 0 unspecified atom stereocenters. The van der Waals surface area contributed by atoms with Gasteiger partial charge in [-0.15, -0.1) is 0 Å². The highest BCUT2D eigenvalue weighted by Gasteiger charge is 2.27. The van der Waals surface area contributed by atoms with E-state index in [4.69, 9.17) is 4.52 Å². The van der Waals surface area contributed by atoms with Gasteiger partial charge in [-0.3, -0.25) is 9.78 Å². The van der Waals surface area contributed by atoms with E-state index in [-0.39, 0.29) is 11.8 Å². The van der Waals surface area contributed by atoms with Crippen LogP contribution in [0, 0.1) is 0 Å². The first-order valence-corrected chi connectivity index (χ1v) is 8.82. The summed E-state index contributed by atoms with van der Waals surface area (Å²) >= 11 is 0. The second-order valence-corrected chi connectivity index (χ2v) is 6.65. The Hall–Kier alpha value is -2.96. The summed E-state index contributed by atoms with van der Waals surface area (Å²) in [5, 5.41) is 4.11. The number of hydrogen-bond donors (Lipinski definition) is 0. The zero-order valence-corrected chi connectivity index (χ0v) is 14.7. The maximum atomic E-state index is 12.5. The van der Waals surface area contributed by atoms with Crippen LogP contribution in [0.15, 0.2) is 47.4 Å². The molecule has 4 heterocycles. The van der Waals surface area contributed by atoms with Gasteiger partial charge in [0.05, 0.1) is 12.1 Å². The molecule has 1 saturated heterocycles. The minimum Gasteiger partial charge on any atom is -0.348 e. The normalized spacial score (nSPS) is 15.3. The van der Waals surface area contributed by atoms with Crippen LogP contribution in [0.1, 0.15) is 30.2 Å². The highest BCUT2D eigenvalue weighted by atomic mass is 16.5. The Morgan fingerprint density at radius 1 is 1.27 bits per heavy atom. The Labute approximate surface area is 151 Å². The van der Waals surface area contributed by atoms with Gasteiger partial charge in [0.1, 0.15) is 0 Å². The van der Waals surface area contributed by atoms with E-state index >= 15 is 0 Å². The van der Waals surface area contributed by atoms with E-state index in [1.807, 2.05) is 47.0 Å². The van der Waals surface area contributed by atoms with Crippen molar-refractivity contribution < 1.29 is 9.32 Å². The van der Waals surface area contributed by atoms with Gasteiger partial charge in [0.15, 0.2) is 0 Å². The van der Waals surface area contributed by atoms with Crippen molar-refractivity contribution in [1.82, 2.24) is 24.6 Å². The molecule has 0 spiro atoms. The summed E-state index contributed by atoms with van der Waals surface area (Å²) in [7, 11) is 1.96. The summed E-state index contributed by atoms with van der Waals surface area (Å²) in [5.74, 6) is 1.63. The Morgan fingerprint density at radius 3 is 2.81 bits per heavy atom. The van der Waals surface area contributed by atoms with E-state index < -0.39 is 0 Å². The summed E-state index contributed by atoms with van der Waals surface area (Å²) < 4.78 is 7.45. The molecule has 26 heavy (non-hydrogen) atoms. The predicted octanol–water partition coefficient (Wildman–Crippen LogP) is 2.42. The van der Waals surface area contributed by atoms with Crippen molar-refractivity contribution >= 4 is 5.91 Å². The number of rotatable bonds is 4. The van der Waals surface area contributed by atoms with Gasteiger partial charge >= 0.3 is 0 Å². The van der Waals surface area contributed by atoms with Crippen molar-refractivity contribution in [1.29, 1.82) is 0 Å². The van der Waals surface area contributed by atoms with Gasteiger partial charge in [-0.1, -0.05) is 11.2 Å². The van der Waals surface area contributed by atoms with Gasteiger partial charge in [0, 0.05) is 44.6 Å². The quantitative estimate of drug-likeness (QED) is 0.721. The maximum Gasteiger partial charge on any atom is 0.230 e. The van der Waals surface area contributed by atoms with E-state index in [0.29, 0.717) is 31.2 Å². The standard InChI is InChI=1S/C19H21N5O2/c1-23-9-3-5-16(23)18-21-19(26-22-18)15-6-10-24(11-7-15)17(25)12-14-4-2-8-20-13-14/h2-5,8-9,13,15H,6-7,10-12H2,1H3. The van der Waals surface area contributed by atoms with Gasteiger partial charge < -0.3 is 14.0 Å². The van der Waals surface area contributed by atoms with Gasteiger partial charge in [-0.2, -0.15) is 4.98 Å². The first-order valence-electron chi connectivity index (χ1n) is 8.82. The van der Waals surface area contributed by atoms with Crippen molar-refractivity contribution in [2.24, 2.45) is 7.05 Å². The Balaban J connectivity index is 1.36. The lowest BCUT2D eigenvalue weighted by Crippen LogP contribution is -2.38. The Kier molecular flexibility index (Phi) is 4.51. The first kappa shape index (κ1) is 16.5. The van der Waals surface area contributed by atoms with Crippen LogP contribution in [0.3, 0.4) is 0 Å². The van der Waals surface area contributed by atoms with Gasteiger partial charge in [-0.25, -0.2) is 0 Å². The number of likely N-dealkylation sites (tertiary alicyclic amines) is 1. The highest BCUT2D eigenvalue weighted by Crippen LogP contribution is 2.28. The SMILES string of the molecule is Cn1cccc1-c1noc(C2CCN(C(=O)Cc3cccnc3)CC2)n1. The second-order valence-electron chi connectivity index (χ2n) is 6.65. The molecule has 7 nitrogen and oxygen atoms in total. The number of nitrogens with zero attached hydrogens (tertiary/aromatic N) is 5. The van der Waals surface area contributed by atoms with E-state index in [2.05, 4.69) is 15.1 Å². The Bertz CT molecular complexity index is 878. The summed E-state index contributed by atoms with van der Waals surface area (Å²) in [5.41, 5.74) is 1.88. The van der Waals surface area contributed by atoms with Crippen LogP contribution in [0.4, 0.5) is 0 Å². The fraction of sp³-hybridized carbons (Fsp3) is 0.368. The predicted molar refractivity (Wildman–Crippen MR) is 95.2 cm³/mol. The molecule has 1 fully saturated rings. The monoisotopic (exact) mass is 351 g/mol. The molecule has 0 N–H and O–H groups in total. The molecule has 0 saturated carbocycles. The molecule has 134 valence electrons. The molecule has 0 atom stereocenters. The molecule has 4 rings (SSSR count). The largest absolute Gasteiger partial charge is 0.348 e. The third-order valence-corrected chi connectivity index (χ3v) is 4.89. The van der Waals surface area contributed by atoms with Crippen molar-refractivity contribution in [3.05, 3.63) is 54.3 Å². The van der Waals surface area contributed by atoms with Crippen LogP contribution in [0.25, 0.3) is 11.5 Å². The van der Waals surface area contributed by atoms with E-state index in [0.717, 1.165) is 24.1 Å². The van der Waals surface area contributed by atoms with Crippen molar-refractivity contribution in [2.75, 3.05) is 13.1 Å². The minimum atomic E-state index is 0.145. The van der Waals surface area contributed by atoms with Crippen molar-refractivity contribution in [2.45, 2.75) is 25.2 Å².